The molecule has 3 aliphatic heterocycles. The molecule has 0 aromatic rings. The lowest BCUT2D eigenvalue weighted by Gasteiger charge is -2.49. The Labute approximate surface area is 210 Å². The molecule has 7 amide bonds. The molecule has 3 heterocycles. The number of nitrogens with zero attached hydrogens (tertiary/aromatic N) is 3. The molecule has 1 spiro atoms. The first kappa shape index (κ1) is 25.9. The van der Waals surface area contributed by atoms with Crippen LogP contribution in [0.1, 0.15) is 65.2 Å². The van der Waals surface area contributed by atoms with Crippen molar-refractivity contribution in [3.63, 3.8) is 0 Å². The highest BCUT2D eigenvalue weighted by Crippen LogP contribution is 2.43. The fourth-order valence-corrected chi connectivity index (χ4v) is 5.86. The molecule has 0 aromatic heterocycles. The minimum atomic E-state index is -0.748. The van der Waals surface area contributed by atoms with Crippen LogP contribution in [0, 0.1) is 5.41 Å². The predicted octanol–water partition coefficient (Wildman–Crippen LogP) is 0.756. The number of amides is 7. The average molecular weight is 505 g/mol. The normalized spacial score (nSPS) is 31.5. The summed E-state index contributed by atoms with van der Waals surface area (Å²) in [5.41, 5.74) is 10.1. The maximum Gasteiger partial charge on any atom is 0.334 e. The number of rotatable bonds is 6. The van der Waals surface area contributed by atoms with Crippen LogP contribution in [0.25, 0.3) is 0 Å². The third-order valence-corrected chi connectivity index (χ3v) is 8.06. The van der Waals surface area contributed by atoms with Crippen molar-refractivity contribution in [2.75, 3.05) is 26.3 Å². The molecule has 198 valence electrons. The van der Waals surface area contributed by atoms with E-state index in [2.05, 4.69) is 12.2 Å². The Morgan fingerprint density at radius 2 is 1.78 bits per heavy atom. The molecule has 0 radical (unpaired) electrons. The summed E-state index contributed by atoms with van der Waals surface area (Å²) >= 11 is 0. The number of urea groups is 2. The Morgan fingerprint density at radius 3 is 2.36 bits per heavy atom. The minimum Gasteiger partial charge on any atom is -0.385 e. The van der Waals surface area contributed by atoms with E-state index >= 15 is 0 Å². The molecule has 4 fully saturated rings. The molecular weight excluding hydrogens is 468 g/mol. The largest absolute Gasteiger partial charge is 0.385 e. The molecule has 0 aromatic carbocycles. The number of nitrogens with one attached hydrogen (secondary N) is 1. The van der Waals surface area contributed by atoms with Crippen LogP contribution in [0.4, 0.5) is 9.59 Å². The Bertz CT molecular complexity index is 991. The van der Waals surface area contributed by atoms with Crippen molar-refractivity contribution in [2.45, 2.75) is 76.8 Å². The monoisotopic (exact) mass is 504 g/mol. The molecule has 1 saturated carbocycles. The molecule has 36 heavy (non-hydrogen) atoms. The maximum atomic E-state index is 13.2. The Hall–Kier alpha value is -3.15. The number of ether oxygens (including phenoxy) is 1. The number of imide groups is 3. The molecule has 1 aliphatic carbocycles. The second-order valence-corrected chi connectivity index (χ2v) is 10.8. The molecule has 0 bridgehead atoms. The van der Waals surface area contributed by atoms with E-state index in [9.17, 15) is 24.0 Å². The number of carbonyl (C=O) groups excluding carboxylic acids is 5. The summed E-state index contributed by atoms with van der Waals surface area (Å²) in [6, 6.07) is -1.45. The highest BCUT2D eigenvalue weighted by Gasteiger charge is 2.52. The standard InChI is InChI=1S/C24H36N6O6/c1-3-4-10-28-19(32)17(18(25)26)20(33)30(22(28)35)15-5-7-23(2,8-6-15)13-29-21(34)27-16(31)12-24(29)9-11-36-14-24/h15H,3-14,25-26H2,1-2H3,(H,27,31,34)/t15?,23?,24-/m0/s1. The van der Waals surface area contributed by atoms with Gasteiger partial charge in [-0.25, -0.2) is 9.59 Å². The van der Waals surface area contributed by atoms with E-state index in [0.717, 1.165) is 16.2 Å². The summed E-state index contributed by atoms with van der Waals surface area (Å²) in [6.07, 6.45) is 4.51. The highest BCUT2D eigenvalue weighted by molar-refractivity contribution is 6.29. The van der Waals surface area contributed by atoms with Crippen molar-refractivity contribution in [3.05, 3.63) is 11.4 Å². The van der Waals surface area contributed by atoms with E-state index in [1.54, 1.807) is 4.90 Å². The van der Waals surface area contributed by atoms with Crippen molar-refractivity contribution in [1.29, 1.82) is 0 Å². The molecular formula is C24H36N6O6. The maximum absolute atomic E-state index is 13.2. The first-order valence-corrected chi connectivity index (χ1v) is 12.7. The van der Waals surface area contributed by atoms with E-state index in [-0.39, 0.29) is 35.7 Å². The van der Waals surface area contributed by atoms with Gasteiger partial charge in [-0.2, -0.15) is 0 Å². The fourth-order valence-electron chi connectivity index (χ4n) is 5.86. The number of nitrogens with two attached hydrogens (primary N) is 2. The van der Waals surface area contributed by atoms with Crippen LogP contribution in [0.3, 0.4) is 0 Å². The first-order chi connectivity index (χ1) is 17.0. The predicted molar refractivity (Wildman–Crippen MR) is 128 cm³/mol. The van der Waals surface area contributed by atoms with E-state index < -0.39 is 35.5 Å². The van der Waals surface area contributed by atoms with Crippen molar-refractivity contribution in [3.8, 4) is 0 Å². The Balaban J connectivity index is 1.50. The second kappa shape index (κ2) is 9.72. The summed E-state index contributed by atoms with van der Waals surface area (Å²) in [5.74, 6) is -2.17. The van der Waals surface area contributed by atoms with Gasteiger partial charge >= 0.3 is 12.1 Å². The number of unbranched alkanes of at least 4 members (excludes halogenated alkanes) is 1. The number of carbonyl (C=O) groups is 5. The minimum absolute atomic E-state index is 0.187. The van der Waals surface area contributed by atoms with Crippen molar-refractivity contribution >= 4 is 29.8 Å². The molecule has 4 aliphatic rings. The van der Waals surface area contributed by atoms with Crippen LogP contribution >= 0.6 is 0 Å². The first-order valence-electron chi connectivity index (χ1n) is 12.7. The van der Waals surface area contributed by atoms with Crippen LogP contribution < -0.4 is 16.8 Å². The van der Waals surface area contributed by atoms with Gasteiger partial charge in [-0.3, -0.25) is 29.5 Å². The van der Waals surface area contributed by atoms with Gasteiger partial charge in [0.25, 0.3) is 11.8 Å². The number of hydrogen-bond acceptors (Lipinski definition) is 8. The number of hydrogen-bond donors (Lipinski definition) is 3. The lowest BCUT2D eigenvalue weighted by Crippen LogP contribution is -2.65. The smallest absolute Gasteiger partial charge is 0.334 e. The van der Waals surface area contributed by atoms with Crippen LogP contribution in [-0.4, -0.2) is 82.4 Å². The zero-order valence-corrected chi connectivity index (χ0v) is 21.0. The van der Waals surface area contributed by atoms with Crippen LogP contribution in [0.5, 0.6) is 0 Å². The van der Waals surface area contributed by atoms with Crippen molar-refractivity contribution in [1.82, 2.24) is 20.0 Å². The van der Waals surface area contributed by atoms with Gasteiger partial charge in [0.05, 0.1) is 18.6 Å². The highest BCUT2D eigenvalue weighted by atomic mass is 16.5. The second-order valence-electron chi connectivity index (χ2n) is 10.8. The fraction of sp³-hybridized carbons (Fsp3) is 0.708. The van der Waals surface area contributed by atoms with Gasteiger partial charge in [-0.05, 0) is 43.9 Å². The third kappa shape index (κ3) is 4.54. The summed E-state index contributed by atoms with van der Waals surface area (Å²) in [5, 5.41) is 2.43. The van der Waals surface area contributed by atoms with Crippen LogP contribution in [0.15, 0.2) is 11.4 Å². The van der Waals surface area contributed by atoms with Gasteiger partial charge in [-0.15, -0.1) is 0 Å². The van der Waals surface area contributed by atoms with Crippen LogP contribution in [-0.2, 0) is 19.1 Å². The lowest BCUT2D eigenvalue weighted by molar-refractivity contribution is -0.138. The molecule has 0 unspecified atom stereocenters. The molecule has 1 atom stereocenters. The zero-order valence-electron chi connectivity index (χ0n) is 21.0. The summed E-state index contributed by atoms with van der Waals surface area (Å²) in [6.45, 7) is 5.48. The lowest BCUT2D eigenvalue weighted by atomic mass is 9.72. The van der Waals surface area contributed by atoms with E-state index in [4.69, 9.17) is 16.2 Å². The molecule has 3 saturated heterocycles. The molecule has 12 nitrogen and oxygen atoms in total. The quantitative estimate of drug-likeness (QED) is 0.352. The third-order valence-electron chi connectivity index (χ3n) is 8.06. The van der Waals surface area contributed by atoms with Gasteiger partial charge in [0.15, 0.2) is 0 Å². The Morgan fingerprint density at radius 1 is 1.08 bits per heavy atom. The summed E-state index contributed by atoms with van der Waals surface area (Å²) in [7, 11) is 0. The van der Waals surface area contributed by atoms with Gasteiger partial charge in [-0.1, -0.05) is 20.3 Å². The molecule has 4 rings (SSSR count). The van der Waals surface area contributed by atoms with Crippen molar-refractivity contribution in [2.24, 2.45) is 16.9 Å². The summed E-state index contributed by atoms with van der Waals surface area (Å²) in [4.78, 5) is 68.0. The number of barbiturate groups is 1. The van der Waals surface area contributed by atoms with Crippen molar-refractivity contribution < 1.29 is 28.7 Å². The topological polar surface area (TPSA) is 168 Å². The van der Waals surface area contributed by atoms with Crippen LogP contribution in [0.2, 0.25) is 0 Å². The van der Waals surface area contributed by atoms with E-state index in [1.165, 1.54) is 0 Å². The molecule has 5 N–H and O–H groups in total. The van der Waals surface area contributed by atoms with Gasteiger partial charge in [0.1, 0.15) is 11.4 Å². The van der Waals surface area contributed by atoms with Gasteiger partial charge in [0, 0.05) is 25.7 Å². The average Bonchev–Trinajstić information content (AvgIpc) is 3.26. The Kier molecular flexibility index (Phi) is 7.00. The summed E-state index contributed by atoms with van der Waals surface area (Å²) < 4.78 is 5.57. The van der Waals surface area contributed by atoms with E-state index in [1.807, 2.05) is 6.92 Å². The SMILES string of the molecule is CCCCN1C(=O)C(=C(N)N)C(=O)N(C2CCC(C)(CN3C(=O)NC(=O)C[C@]34CCOC4)CC2)C1=O. The van der Waals surface area contributed by atoms with Gasteiger partial charge in [0.2, 0.25) is 5.91 Å². The van der Waals surface area contributed by atoms with Gasteiger partial charge < -0.3 is 21.1 Å². The molecule has 12 heteroatoms. The zero-order chi connectivity index (χ0) is 26.3. The van der Waals surface area contributed by atoms with E-state index in [0.29, 0.717) is 58.3 Å².